The maximum Gasteiger partial charge on any atom is 0.408 e. The lowest BCUT2D eigenvalue weighted by Gasteiger charge is -2.35. The van der Waals surface area contributed by atoms with Gasteiger partial charge in [0.25, 0.3) is 5.91 Å². The molecule has 0 bridgehead atoms. The van der Waals surface area contributed by atoms with Gasteiger partial charge in [0.05, 0.1) is 6.61 Å². The van der Waals surface area contributed by atoms with Crippen LogP contribution in [0.4, 0.5) is 10.5 Å². The molecule has 2 aromatic carbocycles. The lowest BCUT2D eigenvalue weighted by molar-refractivity contribution is -0.141. The van der Waals surface area contributed by atoms with Crippen molar-refractivity contribution in [2.75, 3.05) is 18.5 Å². The number of carbonyl (C=O) groups excluding carboxylic acids is 3. The number of aliphatic hydroxyl groups is 1. The van der Waals surface area contributed by atoms with Crippen LogP contribution >= 0.6 is 0 Å². The van der Waals surface area contributed by atoms with E-state index in [9.17, 15) is 19.5 Å². The molecule has 0 saturated heterocycles. The van der Waals surface area contributed by atoms with Crippen molar-refractivity contribution >= 4 is 23.6 Å². The Morgan fingerprint density at radius 1 is 0.974 bits per heavy atom. The number of para-hydroxylation sites is 1. The number of nitrogens with zero attached hydrogens (tertiary/aromatic N) is 1. The average Bonchev–Trinajstić information content (AvgIpc) is 2.78. The quantitative estimate of drug-likeness (QED) is 0.377. The van der Waals surface area contributed by atoms with Crippen molar-refractivity contribution in [3.8, 4) is 0 Å². The summed E-state index contributed by atoms with van der Waals surface area (Å²) in [6.07, 6.45) is -0.383. The van der Waals surface area contributed by atoms with Gasteiger partial charge in [-0.3, -0.25) is 9.59 Å². The molecule has 0 aliphatic rings. The first kappa shape index (κ1) is 31.8. The highest BCUT2D eigenvalue weighted by molar-refractivity contribution is 6.00. The predicted octanol–water partition coefficient (Wildman–Crippen LogP) is 5.36. The monoisotopic (exact) mass is 539 g/mol. The number of aliphatic hydroxyl groups excluding tert-OH is 1. The number of rotatable bonds is 10. The number of hydrogen-bond donors (Lipinski definition) is 3. The number of ether oxygens (including phenoxy) is 1. The molecule has 0 aromatic heterocycles. The van der Waals surface area contributed by atoms with Gasteiger partial charge in [0, 0.05) is 12.2 Å². The van der Waals surface area contributed by atoms with Gasteiger partial charge in [0.2, 0.25) is 5.91 Å². The molecule has 0 spiro atoms. The molecule has 3 N–H and O–H groups in total. The molecule has 39 heavy (non-hydrogen) atoms. The third kappa shape index (κ3) is 9.39. The van der Waals surface area contributed by atoms with E-state index in [1.807, 2.05) is 77.9 Å². The minimum absolute atomic E-state index is 0.0629. The van der Waals surface area contributed by atoms with Crippen molar-refractivity contribution in [2.45, 2.75) is 86.4 Å². The highest BCUT2D eigenvalue weighted by Crippen LogP contribution is 2.28. The molecular formula is C31H45N3O5. The van der Waals surface area contributed by atoms with Crippen molar-refractivity contribution in [2.24, 2.45) is 5.92 Å². The molecule has 214 valence electrons. The van der Waals surface area contributed by atoms with Crippen LogP contribution in [0.25, 0.3) is 0 Å². The highest BCUT2D eigenvalue weighted by Gasteiger charge is 2.37. The Bertz CT molecular complexity index is 1130. The van der Waals surface area contributed by atoms with E-state index in [0.717, 1.165) is 22.3 Å². The highest BCUT2D eigenvalue weighted by atomic mass is 16.6. The van der Waals surface area contributed by atoms with Crippen molar-refractivity contribution in [1.82, 2.24) is 10.2 Å². The first-order valence-corrected chi connectivity index (χ1v) is 13.5. The smallest absolute Gasteiger partial charge is 0.408 e. The summed E-state index contributed by atoms with van der Waals surface area (Å²) in [6, 6.07) is 9.49. The van der Waals surface area contributed by atoms with Gasteiger partial charge >= 0.3 is 6.09 Å². The largest absolute Gasteiger partial charge is 0.444 e. The van der Waals surface area contributed by atoms with Gasteiger partial charge in [-0.2, -0.15) is 0 Å². The predicted molar refractivity (Wildman–Crippen MR) is 155 cm³/mol. The number of amides is 3. The van der Waals surface area contributed by atoms with E-state index in [0.29, 0.717) is 17.7 Å². The first-order chi connectivity index (χ1) is 18.1. The van der Waals surface area contributed by atoms with Crippen LogP contribution in [-0.2, 0) is 14.3 Å². The van der Waals surface area contributed by atoms with Gasteiger partial charge in [-0.05, 0) is 77.5 Å². The lowest BCUT2D eigenvalue weighted by Crippen LogP contribution is -2.53. The Balaban J connectivity index is 2.59. The zero-order valence-electron chi connectivity index (χ0n) is 24.8. The van der Waals surface area contributed by atoms with Crippen LogP contribution in [0.2, 0.25) is 0 Å². The van der Waals surface area contributed by atoms with Crippen molar-refractivity contribution in [3.63, 3.8) is 0 Å². The van der Waals surface area contributed by atoms with Crippen LogP contribution in [0.15, 0.2) is 36.4 Å². The topological polar surface area (TPSA) is 108 Å². The second kappa shape index (κ2) is 13.6. The van der Waals surface area contributed by atoms with Crippen molar-refractivity contribution in [3.05, 3.63) is 64.2 Å². The molecule has 3 amide bonds. The van der Waals surface area contributed by atoms with Crippen LogP contribution in [0, 0.1) is 33.6 Å². The molecular weight excluding hydrogens is 494 g/mol. The number of aryl methyl sites for hydroxylation is 4. The maximum absolute atomic E-state index is 14.1. The summed E-state index contributed by atoms with van der Waals surface area (Å²) >= 11 is 0. The van der Waals surface area contributed by atoms with Crippen LogP contribution in [0.1, 0.15) is 74.9 Å². The molecule has 2 unspecified atom stereocenters. The van der Waals surface area contributed by atoms with E-state index in [2.05, 4.69) is 10.6 Å². The Morgan fingerprint density at radius 3 is 2.03 bits per heavy atom. The Labute approximate surface area is 233 Å². The van der Waals surface area contributed by atoms with Crippen LogP contribution < -0.4 is 10.6 Å². The molecule has 0 fully saturated rings. The van der Waals surface area contributed by atoms with E-state index < -0.39 is 35.6 Å². The summed E-state index contributed by atoms with van der Waals surface area (Å²) in [5.41, 5.74) is 4.23. The summed E-state index contributed by atoms with van der Waals surface area (Å²) in [6.45, 7) is 16.4. The maximum atomic E-state index is 14.1. The van der Waals surface area contributed by atoms with E-state index in [-0.39, 0.29) is 19.1 Å². The molecule has 0 saturated carbocycles. The normalized spacial score (nSPS) is 13.0. The Kier molecular flexibility index (Phi) is 11.1. The minimum atomic E-state index is -1.04. The lowest BCUT2D eigenvalue weighted by atomic mass is 9.96. The van der Waals surface area contributed by atoms with Crippen molar-refractivity contribution < 1.29 is 24.2 Å². The fraction of sp³-hybridized carbons (Fsp3) is 0.516. The van der Waals surface area contributed by atoms with E-state index in [1.165, 1.54) is 4.90 Å². The molecule has 0 radical (unpaired) electrons. The van der Waals surface area contributed by atoms with Gasteiger partial charge < -0.3 is 25.4 Å². The Hall–Kier alpha value is -3.39. The average molecular weight is 540 g/mol. The fourth-order valence-corrected chi connectivity index (χ4v) is 4.66. The van der Waals surface area contributed by atoms with Gasteiger partial charge in [0.15, 0.2) is 0 Å². The van der Waals surface area contributed by atoms with Gasteiger partial charge in [-0.15, -0.1) is 0 Å². The number of benzene rings is 2. The SMILES string of the molecule is Cc1cc(C)cc(C(C(=O)Nc2c(C)cccc2C)N(CCO)C(=O)C(CC(C)C)NC(=O)OC(C)(C)C)c1. The number of carbonyl (C=O) groups is 3. The number of nitrogens with one attached hydrogen (secondary N) is 2. The third-order valence-electron chi connectivity index (χ3n) is 6.17. The molecule has 8 nitrogen and oxygen atoms in total. The number of hydrogen-bond acceptors (Lipinski definition) is 5. The Morgan fingerprint density at radius 2 is 1.54 bits per heavy atom. The van der Waals surface area contributed by atoms with Gasteiger partial charge in [-0.25, -0.2) is 4.79 Å². The second-order valence-corrected chi connectivity index (χ2v) is 11.7. The first-order valence-electron chi connectivity index (χ1n) is 13.5. The van der Waals surface area contributed by atoms with Crippen molar-refractivity contribution in [1.29, 1.82) is 0 Å². The zero-order chi connectivity index (χ0) is 29.5. The number of anilines is 1. The summed E-state index contributed by atoms with van der Waals surface area (Å²) in [5, 5.41) is 15.8. The van der Waals surface area contributed by atoms with E-state index in [4.69, 9.17) is 4.74 Å². The minimum Gasteiger partial charge on any atom is -0.444 e. The summed E-state index contributed by atoms with van der Waals surface area (Å²) < 4.78 is 5.42. The van der Waals surface area contributed by atoms with Crippen LogP contribution in [0.5, 0.6) is 0 Å². The van der Waals surface area contributed by atoms with Gasteiger partial charge in [-0.1, -0.05) is 61.4 Å². The summed E-state index contributed by atoms with van der Waals surface area (Å²) in [4.78, 5) is 42.2. The molecule has 2 aromatic rings. The summed E-state index contributed by atoms with van der Waals surface area (Å²) in [7, 11) is 0. The third-order valence-corrected chi connectivity index (χ3v) is 6.17. The standard InChI is InChI=1S/C31H45N3O5/c1-19(2)15-25(32-30(38)39-31(7,8)9)29(37)34(13-14-35)27(24-17-20(3)16-21(4)18-24)28(36)33-26-22(5)11-10-12-23(26)6/h10-12,16-19,25,27,35H,13-15H2,1-9H3,(H,32,38)(H,33,36). The summed E-state index contributed by atoms with van der Waals surface area (Å²) in [5.74, 6) is -0.808. The molecule has 8 heteroatoms. The second-order valence-electron chi connectivity index (χ2n) is 11.7. The zero-order valence-corrected chi connectivity index (χ0v) is 24.8. The molecule has 2 rings (SSSR count). The van der Waals surface area contributed by atoms with E-state index >= 15 is 0 Å². The molecule has 0 heterocycles. The van der Waals surface area contributed by atoms with Gasteiger partial charge in [0.1, 0.15) is 17.7 Å². The molecule has 0 aliphatic carbocycles. The molecule has 0 aliphatic heterocycles. The molecule has 2 atom stereocenters. The van der Waals surface area contributed by atoms with E-state index in [1.54, 1.807) is 20.8 Å². The fourth-order valence-electron chi connectivity index (χ4n) is 4.66. The number of alkyl carbamates (subject to hydrolysis) is 1. The van der Waals surface area contributed by atoms with Crippen LogP contribution in [-0.4, -0.2) is 52.7 Å². The van der Waals surface area contributed by atoms with Crippen LogP contribution in [0.3, 0.4) is 0 Å².